The van der Waals surface area contributed by atoms with Gasteiger partial charge in [-0.25, -0.2) is 19.0 Å². The van der Waals surface area contributed by atoms with Crippen LogP contribution in [0.5, 0.6) is 5.88 Å². The van der Waals surface area contributed by atoms with Crippen LogP contribution in [0.1, 0.15) is 51.8 Å². The van der Waals surface area contributed by atoms with Crippen LogP contribution in [0.25, 0.3) is 10.8 Å². The monoisotopic (exact) mass is 498 g/mol. The molecule has 188 valence electrons. The summed E-state index contributed by atoms with van der Waals surface area (Å²) in [4.78, 5) is 34.4. The zero-order valence-electron chi connectivity index (χ0n) is 20.6. The number of aliphatic carboxylic acids is 1. The fraction of sp³-hybridized carbons (Fsp3) is 0.565. The van der Waals surface area contributed by atoms with Crippen LogP contribution in [0.15, 0.2) is 0 Å². The van der Waals surface area contributed by atoms with E-state index in [1.165, 1.54) is 12.0 Å². The van der Waals surface area contributed by atoms with Crippen LogP contribution in [0.4, 0.5) is 15.0 Å². The number of amides is 1. The number of hydrogen-bond donors (Lipinski definition) is 2. The van der Waals surface area contributed by atoms with Gasteiger partial charge in [0.1, 0.15) is 17.5 Å². The van der Waals surface area contributed by atoms with E-state index in [0.717, 1.165) is 0 Å². The molecule has 0 fully saturated rings. The van der Waals surface area contributed by atoms with E-state index < -0.39 is 29.5 Å². The summed E-state index contributed by atoms with van der Waals surface area (Å²) in [6.07, 6.45) is 0.0988. The lowest BCUT2D eigenvalue weighted by molar-refractivity contribution is -0.143. The van der Waals surface area contributed by atoms with E-state index in [2.05, 4.69) is 15.3 Å². The Hall–Kier alpha value is -2.88. The molecule has 0 aliphatic carbocycles. The van der Waals surface area contributed by atoms with E-state index >= 15 is 0 Å². The van der Waals surface area contributed by atoms with Crippen molar-refractivity contribution in [1.82, 2.24) is 14.9 Å². The van der Waals surface area contributed by atoms with Gasteiger partial charge in [-0.3, -0.25) is 4.90 Å². The van der Waals surface area contributed by atoms with Gasteiger partial charge in [0, 0.05) is 24.2 Å². The Kier molecular flexibility index (Phi) is 8.88. The Labute approximate surface area is 203 Å². The second-order valence-corrected chi connectivity index (χ2v) is 9.25. The number of nitrogens with zero attached hydrogens (tertiary/aromatic N) is 3. The predicted octanol–water partition coefficient (Wildman–Crippen LogP) is 4.95. The lowest BCUT2D eigenvalue weighted by Crippen LogP contribution is -2.49. The first-order valence-electron chi connectivity index (χ1n) is 11.0. The van der Waals surface area contributed by atoms with Crippen molar-refractivity contribution in [1.29, 1.82) is 0 Å². The molecule has 0 spiro atoms. The van der Waals surface area contributed by atoms with E-state index in [1.807, 2.05) is 6.92 Å². The molecule has 2 aromatic rings. The smallest absolute Gasteiger partial charge is 0.411 e. The van der Waals surface area contributed by atoms with Crippen LogP contribution in [0, 0.1) is 19.7 Å². The van der Waals surface area contributed by atoms with Crippen LogP contribution in [0.3, 0.4) is 0 Å². The number of halogens is 2. The molecule has 0 saturated heterocycles. The summed E-state index contributed by atoms with van der Waals surface area (Å²) in [6.45, 7) is 10.5. The molecular weight excluding hydrogens is 467 g/mol. The van der Waals surface area contributed by atoms with Crippen molar-refractivity contribution < 1.29 is 28.6 Å². The normalized spacial score (nSPS) is 12.4. The van der Waals surface area contributed by atoms with Crippen LogP contribution in [-0.4, -0.2) is 63.9 Å². The number of ether oxygens (including phenoxy) is 2. The number of methoxy groups -OCH3 is 1. The number of aromatic nitrogens is 2. The largest absolute Gasteiger partial charge is 0.480 e. The Morgan fingerprint density at radius 3 is 2.41 bits per heavy atom. The standard InChI is InChI=1S/C23H32ClFN4O5/c1-8-9-14(21(30)31)29(22(32)34-23(4,5)6)11-10-26-19-16-15(12(2)13(3)27-19)17(25)18(24)28-20(16)33-7/h14H,8-11H2,1-7H3,(H,26,27)(H,30,31). The summed E-state index contributed by atoms with van der Waals surface area (Å²) in [5, 5.41) is 13.0. The highest BCUT2D eigenvalue weighted by Gasteiger charge is 2.32. The van der Waals surface area contributed by atoms with Crippen LogP contribution in [0.2, 0.25) is 5.15 Å². The molecule has 0 saturated carbocycles. The van der Waals surface area contributed by atoms with Gasteiger partial charge >= 0.3 is 12.1 Å². The number of anilines is 1. The highest BCUT2D eigenvalue weighted by molar-refractivity contribution is 6.30. The molecule has 2 rings (SSSR count). The molecule has 34 heavy (non-hydrogen) atoms. The van der Waals surface area contributed by atoms with Gasteiger partial charge in [0.05, 0.1) is 12.5 Å². The number of aryl methyl sites for hydroxylation is 2. The average Bonchev–Trinajstić information content (AvgIpc) is 2.73. The highest BCUT2D eigenvalue weighted by Crippen LogP contribution is 2.37. The number of carbonyl (C=O) groups excluding carboxylic acids is 1. The molecule has 9 nitrogen and oxygen atoms in total. The van der Waals surface area contributed by atoms with Crippen molar-refractivity contribution in [3.05, 3.63) is 22.2 Å². The number of carboxylic acids is 1. The van der Waals surface area contributed by atoms with Crippen molar-refractivity contribution in [2.45, 2.75) is 66.0 Å². The van der Waals surface area contributed by atoms with E-state index in [1.54, 1.807) is 34.6 Å². The van der Waals surface area contributed by atoms with Gasteiger partial charge in [-0.2, -0.15) is 4.98 Å². The van der Waals surface area contributed by atoms with Crippen molar-refractivity contribution >= 4 is 40.3 Å². The Balaban J connectivity index is 2.42. The number of fused-ring (bicyclic) bond motifs is 1. The number of carbonyl (C=O) groups is 2. The lowest BCUT2D eigenvalue weighted by Gasteiger charge is -2.31. The maximum Gasteiger partial charge on any atom is 0.411 e. The zero-order valence-corrected chi connectivity index (χ0v) is 21.3. The zero-order chi connectivity index (χ0) is 25.8. The summed E-state index contributed by atoms with van der Waals surface area (Å²) in [5.74, 6) is -1.43. The van der Waals surface area contributed by atoms with Gasteiger partial charge in [0.25, 0.3) is 0 Å². The second kappa shape index (κ2) is 11.0. The first kappa shape index (κ1) is 27.4. The third-order valence-electron chi connectivity index (χ3n) is 5.19. The molecule has 2 N–H and O–H groups in total. The molecule has 0 aliphatic rings. The summed E-state index contributed by atoms with van der Waals surface area (Å²) >= 11 is 5.96. The fourth-order valence-electron chi connectivity index (χ4n) is 3.53. The van der Waals surface area contributed by atoms with Crippen molar-refractivity contribution in [2.24, 2.45) is 0 Å². The van der Waals surface area contributed by atoms with E-state index in [4.69, 9.17) is 21.1 Å². The van der Waals surface area contributed by atoms with Crippen molar-refractivity contribution in [3.8, 4) is 5.88 Å². The number of pyridine rings is 2. The third-order valence-corrected chi connectivity index (χ3v) is 5.44. The number of nitrogens with one attached hydrogen (secondary N) is 1. The molecule has 0 aliphatic heterocycles. The van der Waals surface area contributed by atoms with Crippen LogP contribution in [-0.2, 0) is 9.53 Å². The molecule has 1 unspecified atom stereocenters. The van der Waals surface area contributed by atoms with E-state index in [-0.39, 0.29) is 41.7 Å². The molecule has 0 aromatic carbocycles. The van der Waals surface area contributed by atoms with Gasteiger partial charge < -0.3 is 19.9 Å². The van der Waals surface area contributed by atoms with Gasteiger partial charge in [-0.1, -0.05) is 24.9 Å². The maximum absolute atomic E-state index is 14.9. The molecular formula is C23H32ClFN4O5. The number of hydrogen-bond acceptors (Lipinski definition) is 7. The summed E-state index contributed by atoms with van der Waals surface area (Å²) in [6, 6.07) is -1.06. The van der Waals surface area contributed by atoms with E-state index in [0.29, 0.717) is 23.1 Å². The number of rotatable bonds is 9. The predicted molar refractivity (Wildman–Crippen MR) is 128 cm³/mol. The van der Waals surface area contributed by atoms with Gasteiger partial charge in [-0.05, 0) is 46.6 Å². The SMILES string of the molecule is CCCC(C(=O)O)N(CCNc1nc(C)c(C)c2c(F)c(Cl)nc(OC)c12)C(=O)OC(C)(C)C. The fourth-order valence-corrected chi connectivity index (χ4v) is 3.70. The Bertz CT molecular complexity index is 1070. The Morgan fingerprint density at radius 1 is 1.24 bits per heavy atom. The Morgan fingerprint density at radius 2 is 1.88 bits per heavy atom. The molecule has 0 radical (unpaired) electrons. The highest BCUT2D eigenvalue weighted by atomic mass is 35.5. The minimum Gasteiger partial charge on any atom is -0.480 e. The minimum atomic E-state index is -1.12. The molecule has 0 bridgehead atoms. The minimum absolute atomic E-state index is 0.00773. The average molecular weight is 499 g/mol. The van der Waals surface area contributed by atoms with Crippen molar-refractivity contribution in [3.63, 3.8) is 0 Å². The van der Waals surface area contributed by atoms with Crippen LogP contribution >= 0.6 is 11.6 Å². The topological polar surface area (TPSA) is 114 Å². The van der Waals surface area contributed by atoms with Crippen LogP contribution < -0.4 is 10.1 Å². The third kappa shape index (κ3) is 6.16. The summed E-state index contributed by atoms with van der Waals surface area (Å²) < 4.78 is 25.6. The summed E-state index contributed by atoms with van der Waals surface area (Å²) in [7, 11) is 1.39. The quantitative estimate of drug-likeness (QED) is 0.467. The molecule has 1 amide bonds. The van der Waals surface area contributed by atoms with Crippen molar-refractivity contribution in [2.75, 3.05) is 25.5 Å². The number of carboxylic acid groups (broad SMARTS) is 1. The van der Waals surface area contributed by atoms with Gasteiger partial charge in [0.15, 0.2) is 11.0 Å². The molecule has 2 heterocycles. The van der Waals surface area contributed by atoms with Gasteiger partial charge in [0.2, 0.25) is 5.88 Å². The second-order valence-electron chi connectivity index (χ2n) is 8.89. The lowest BCUT2D eigenvalue weighted by atomic mass is 10.1. The summed E-state index contributed by atoms with van der Waals surface area (Å²) in [5.41, 5.74) is 0.362. The van der Waals surface area contributed by atoms with E-state index in [9.17, 15) is 19.1 Å². The molecule has 11 heteroatoms. The first-order valence-corrected chi connectivity index (χ1v) is 11.4. The molecule has 1 atom stereocenters. The first-order chi connectivity index (χ1) is 15.8. The molecule has 2 aromatic heterocycles. The maximum atomic E-state index is 14.9. The van der Waals surface area contributed by atoms with Gasteiger partial charge in [-0.15, -0.1) is 0 Å².